The van der Waals surface area contributed by atoms with Crippen LogP contribution in [0.5, 0.6) is 0 Å². The molecular weight excluding hydrogens is 551 g/mol. The first-order valence-electron chi connectivity index (χ1n) is 13.7. The van der Waals surface area contributed by atoms with Gasteiger partial charge in [-0.25, -0.2) is 28.7 Å². The van der Waals surface area contributed by atoms with Crippen molar-refractivity contribution < 1.29 is 31.5 Å². The summed E-state index contributed by atoms with van der Waals surface area (Å²) in [7, 11) is 0. The second kappa shape index (κ2) is 10.0. The summed E-state index contributed by atoms with van der Waals surface area (Å²) in [6.07, 6.45) is 2.59. The Balaban J connectivity index is 1.23. The largest absolute Gasteiger partial charge is 0.457 e. The molecule has 1 amide bonds. The maximum Gasteiger partial charge on any atom is 0.408 e. The number of carbonyl (C=O) groups is 1. The number of anilines is 3. The first-order valence-corrected chi connectivity index (χ1v) is 13.7. The fourth-order valence-electron chi connectivity index (χ4n) is 6.31. The Morgan fingerprint density at radius 2 is 1.68 bits per heavy atom. The van der Waals surface area contributed by atoms with Crippen molar-refractivity contribution in [2.75, 3.05) is 29.4 Å². The van der Waals surface area contributed by atoms with Gasteiger partial charge >= 0.3 is 6.18 Å². The third-order valence-corrected chi connectivity index (χ3v) is 8.51. The maximum atomic E-state index is 13.9. The van der Waals surface area contributed by atoms with Crippen molar-refractivity contribution in [3.63, 3.8) is 0 Å². The number of hydrogen-bond donors (Lipinski definition) is 1. The van der Waals surface area contributed by atoms with E-state index in [-0.39, 0.29) is 57.2 Å². The zero-order chi connectivity index (χ0) is 29.0. The standard InChI is InChI=1S/C26H29F5N8O2/c27-25(28)7-10-37(11-8-25)23-34-12-16(13-35-23)39-20-17(24(21(39)40)5-1-2-6-24)14-33-19(36-20)15-41-22(32)38-9-3-4-18(38)26(29,30)31/h12-14,18,32H,1-11,15H2/t18-/m1/s1. The quantitative estimate of drug-likeness (QED) is 0.321. The van der Waals surface area contributed by atoms with Crippen molar-refractivity contribution in [1.82, 2.24) is 24.8 Å². The van der Waals surface area contributed by atoms with E-state index in [4.69, 9.17) is 10.1 Å². The van der Waals surface area contributed by atoms with Gasteiger partial charge < -0.3 is 14.5 Å². The molecule has 3 fully saturated rings. The predicted octanol–water partition coefficient (Wildman–Crippen LogP) is 4.47. The van der Waals surface area contributed by atoms with Gasteiger partial charge in [0.25, 0.3) is 11.9 Å². The number of piperidine rings is 1. The minimum absolute atomic E-state index is 0.0642. The molecule has 4 aliphatic rings. The topological polar surface area (TPSA) is 111 Å². The van der Waals surface area contributed by atoms with Crippen LogP contribution in [0, 0.1) is 5.41 Å². The molecule has 0 unspecified atom stereocenters. The van der Waals surface area contributed by atoms with Gasteiger partial charge in [0, 0.05) is 44.2 Å². The van der Waals surface area contributed by atoms with Crippen LogP contribution in [0.1, 0.15) is 62.8 Å². The molecule has 1 N–H and O–H groups in total. The van der Waals surface area contributed by atoms with E-state index in [1.54, 1.807) is 11.1 Å². The second-order valence-electron chi connectivity index (χ2n) is 11.0. The van der Waals surface area contributed by atoms with Crippen LogP contribution in [-0.2, 0) is 21.6 Å². The number of rotatable bonds is 4. The van der Waals surface area contributed by atoms with Gasteiger partial charge in [-0.1, -0.05) is 12.8 Å². The van der Waals surface area contributed by atoms with Gasteiger partial charge in [-0.2, -0.15) is 13.2 Å². The summed E-state index contributed by atoms with van der Waals surface area (Å²) < 4.78 is 72.5. The Hall–Kier alpha value is -3.65. The lowest BCUT2D eigenvalue weighted by Crippen LogP contribution is -2.45. The number of carbonyl (C=O) groups excluding carboxylic acids is 1. The fraction of sp³-hybridized carbons (Fsp3) is 0.615. The number of hydrogen-bond acceptors (Lipinski definition) is 8. The highest BCUT2D eigenvalue weighted by Gasteiger charge is 2.54. The number of ether oxygens (including phenoxy) is 1. The van der Waals surface area contributed by atoms with Crippen LogP contribution in [0.15, 0.2) is 18.6 Å². The maximum absolute atomic E-state index is 13.9. The molecule has 0 bridgehead atoms. The number of halogens is 5. The molecule has 3 aliphatic heterocycles. The fourth-order valence-corrected chi connectivity index (χ4v) is 6.31. The van der Waals surface area contributed by atoms with Gasteiger partial charge in [0.1, 0.15) is 11.9 Å². The monoisotopic (exact) mass is 580 g/mol. The Morgan fingerprint density at radius 3 is 2.34 bits per heavy atom. The molecule has 10 nitrogen and oxygen atoms in total. The van der Waals surface area contributed by atoms with Crippen LogP contribution < -0.4 is 9.80 Å². The molecule has 1 atom stereocenters. The number of fused-ring (bicyclic) bond motifs is 2. The van der Waals surface area contributed by atoms with E-state index in [9.17, 15) is 26.7 Å². The molecule has 15 heteroatoms. The van der Waals surface area contributed by atoms with Crippen molar-refractivity contribution >= 4 is 29.4 Å². The number of alkyl halides is 5. The van der Waals surface area contributed by atoms with Crippen molar-refractivity contribution in [3.05, 3.63) is 30.0 Å². The number of aromatic nitrogens is 4. The summed E-state index contributed by atoms with van der Waals surface area (Å²) in [5.41, 5.74) is 0.209. The van der Waals surface area contributed by atoms with Gasteiger partial charge in [0.2, 0.25) is 11.9 Å². The number of likely N-dealkylation sites (tertiary alicyclic amines) is 1. The third-order valence-electron chi connectivity index (χ3n) is 8.51. The summed E-state index contributed by atoms with van der Waals surface area (Å²) in [5.74, 6) is -2.17. The molecule has 1 saturated carbocycles. The zero-order valence-corrected chi connectivity index (χ0v) is 22.1. The van der Waals surface area contributed by atoms with E-state index >= 15 is 0 Å². The second-order valence-corrected chi connectivity index (χ2v) is 11.0. The highest BCUT2D eigenvalue weighted by atomic mass is 19.4. The van der Waals surface area contributed by atoms with Crippen LogP contribution in [0.4, 0.5) is 39.4 Å². The molecule has 6 rings (SSSR count). The van der Waals surface area contributed by atoms with Crippen LogP contribution in [0.2, 0.25) is 0 Å². The molecule has 41 heavy (non-hydrogen) atoms. The molecule has 0 aromatic carbocycles. The highest BCUT2D eigenvalue weighted by Crippen LogP contribution is 2.52. The molecule has 1 spiro atoms. The predicted molar refractivity (Wildman–Crippen MR) is 136 cm³/mol. The van der Waals surface area contributed by atoms with Gasteiger partial charge in [-0.3, -0.25) is 15.1 Å². The van der Waals surface area contributed by atoms with E-state index in [0.717, 1.165) is 17.7 Å². The molecular formula is C26H29F5N8O2. The van der Waals surface area contributed by atoms with Crippen LogP contribution in [0.3, 0.4) is 0 Å². The number of nitrogens with one attached hydrogen (secondary N) is 1. The summed E-state index contributed by atoms with van der Waals surface area (Å²) in [6, 6.07) is -2.37. The number of amidine groups is 1. The van der Waals surface area contributed by atoms with E-state index in [1.807, 2.05) is 0 Å². The first-order chi connectivity index (χ1) is 19.5. The summed E-state index contributed by atoms with van der Waals surface area (Å²) in [6.45, 7) is -0.0483. The molecule has 2 aromatic heterocycles. The van der Waals surface area contributed by atoms with Crippen molar-refractivity contribution in [2.24, 2.45) is 0 Å². The first kappa shape index (κ1) is 27.5. The lowest BCUT2D eigenvalue weighted by molar-refractivity contribution is -0.169. The Labute approximate surface area is 232 Å². The van der Waals surface area contributed by atoms with E-state index < -0.39 is 29.6 Å². The average Bonchev–Trinajstić information content (AvgIpc) is 3.68. The molecule has 0 radical (unpaired) electrons. The van der Waals surface area contributed by atoms with Gasteiger partial charge in [0.15, 0.2) is 12.4 Å². The minimum atomic E-state index is -4.47. The molecule has 220 valence electrons. The molecule has 5 heterocycles. The van der Waals surface area contributed by atoms with Crippen LogP contribution >= 0.6 is 0 Å². The summed E-state index contributed by atoms with van der Waals surface area (Å²) in [5, 5.41) is 8.08. The number of amides is 1. The lowest BCUT2D eigenvalue weighted by atomic mass is 9.81. The molecule has 2 saturated heterocycles. The summed E-state index contributed by atoms with van der Waals surface area (Å²) >= 11 is 0. The van der Waals surface area contributed by atoms with Gasteiger partial charge in [-0.05, 0) is 25.7 Å². The lowest BCUT2D eigenvalue weighted by Gasteiger charge is -2.31. The Bertz CT molecular complexity index is 1320. The zero-order valence-electron chi connectivity index (χ0n) is 22.1. The van der Waals surface area contributed by atoms with Crippen molar-refractivity contribution in [2.45, 2.75) is 81.5 Å². The van der Waals surface area contributed by atoms with Crippen molar-refractivity contribution in [3.8, 4) is 0 Å². The average molecular weight is 581 g/mol. The van der Waals surface area contributed by atoms with Crippen LogP contribution in [0.25, 0.3) is 0 Å². The van der Waals surface area contributed by atoms with Crippen LogP contribution in [-0.4, -0.2) is 74.5 Å². The Kier molecular flexibility index (Phi) is 6.72. The normalized spacial score (nSPS) is 23.4. The summed E-state index contributed by atoms with van der Waals surface area (Å²) in [4.78, 5) is 35.4. The van der Waals surface area contributed by atoms with Gasteiger partial charge in [-0.15, -0.1) is 0 Å². The van der Waals surface area contributed by atoms with E-state index in [1.165, 1.54) is 17.3 Å². The van der Waals surface area contributed by atoms with E-state index in [2.05, 4.69) is 19.9 Å². The minimum Gasteiger partial charge on any atom is -0.457 e. The Morgan fingerprint density at radius 1 is 1.00 bits per heavy atom. The SMILES string of the molecule is N=C(OCc1ncc2c(n1)N(c1cnc(N3CCC(F)(F)CC3)nc1)C(=O)C21CCCC1)N1CCC[C@@H]1C(F)(F)F. The number of nitrogens with zero attached hydrogens (tertiary/aromatic N) is 7. The molecule has 1 aliphatic carbocycles. The highest BCUT2D eigenvalue weighted by molar-refractivity contribution is 6.12. The smallest absolute Gasteiger partial charge is 0.408 e. The molecule has 2 aromatic rings. The third kappa shape index (κ3) is 4.92. The van der Waals surface area contributed by atoms with E-state index in [0.29, 0.717) is 42.3 Å². The van der Waals surface area contributed by atoms with Crippen molar-refractivity contribution in [1.29, 1.82) is 5.41 Å². The van der Waals surface area contributed by atoms with Gasteiger partial charge in [0.05, 0.1) is 23.5 Å².